The molecule has 0 N–H and O–H groups in total. The number of unbranched alkanes of at least 4 members (excludes halogenated alkanes) is 15. The molecule has 0 aliphatic carbocycles. The van der Waals surface area contributed by atoms with Crippen molar-refractivity contribution in [3.63, 3.8) is 0 Å². The maximum absolute atomic E-state index is 5.81. The molecule has 0 aliphatic rings. The van der Waals surface area contributed by atoms with Gasteiger partial charge in [-0.2, -0.15) is 0 Å². The van der Waals surface area contributed by atoms with Gasteiger partial charge in [0.05, 0.1) is 0 Å². The molecule has 0 rings (SSSR count). The second kappa shape index (κ2) is 21.0. The summed E-state index contributed by atoms with van der Waals surface area (Å²) in [4.78, 5) is 0. The van der Waals surface area contributed by atoms with Crippen LogP contribution in [0.2, 0.25) is 6.04 Å². The largest absolute Gasteiger partial charge is 0.667 e. The van der Waals surface area contributed by atoms with E-state index < -0.39 is 18.8 Å². The molecule has 0 bridgehead atoms. The van der Waals surface area contributed by atoms with Gasteiger partial charge in [0.15, 0.2) is 9.76 Å². The number of hydrogen-bond donors (Lipinski definition) is 0. The minimum atomic E-state index is -2.77. The smallest absolute Gasteiger partial charge is 0.400 e. The summed E-state index contributed by atoms with van der Waals surface area (Å²) in [6.45, 7) is 2.29. The van der Waals surface area contributed by atoms with Gasteiger partial charge >= 0.3 is 9.05 Å². The Hall–Kier alpha value is 0.274. The van der Waals surface area contributed by atoms with Crippen LogP contribution < -0.4 is 0 Å². The molecule has 0 spiro atoms. The van der Waals surface area contributed by atoms with Crippen molar-refractivity contribution in [3.8, 4) is 0 Å². The molecule has 0 unspecified atom stereocenters. The average molecular weight is 421 g/mol. The van der Waals surface area contributed by atoms with Gasteiger partial charge in [0, 0.05) is 21.3 Å². The molecule has 0 saturated heterocycles. The molecule has 4 nitrogen and oxygen atoms in total. The van der Waals surface area contributed by atoms with Crippen LogP contribution >= 0.6 is 0 Å². The molecule has 0 atom stereocenters. The Morgan fingerprint density at radius 2 is 0.852 bits per heavy atom. The molecule has 0 aromatic rings. The first-order chi connectivity index (χ1) is 13.2. The van der Waals surface area contributed by atoms with Gasteiger partial charge in [-0.1, -0.05) is 110 Å². The Morgan fingerprint density at radius 3 is 1.19 bits per heavy atom. The zero-order valence-electron chi connectivity index (χ0n) is 18.9. The quantitative estimate of drug-likeness (QED) is 0.156. The lowest BCUT2D eigenvalue weighted by molar-refractivity contribution is 0.0523. The zero-order chi connectivity index (χ0) is 20.1. The van der Waals surface area contributed by atoms with Gasteiger partial charge in [-0.25, -0.2) is 0 Å². The van der Waals surface area contributed by atoms with E-state index >= 15 is 0 Å². The van der Waals surface area contributed by atoms with Crippen molar-refractivity contribution in [2.24, 2.45) is 0 Å². The summed E-state index contributed by atoms with van der Waals surface area (Å²) in [6.07, 6.45) is 22.6. The van der Waals surface area contributed by atoms with Crippen molar-refractivity contribution in [2.45, 2.75) is 116 Å². The van der Waals surface area contributed by atoms with Gasteiger partial charge in [-0.3, -0.25) is 0 Å². The molecule has 27 heavy (non-hydrogen) atoms. The van der Waals surface area contributed by atoms with Gasteiger partial charge in [0.2, 0.25) is 0 Å². The standard InChI is InChI=1S/C21H48O4Si2/c1-5-6-7-8-9-10-11-12-13-14-15-16-17-18-19-20-21-26-25-27(22-2,23-3)24-4/h5-21,26H2,1-4H3. The van der Waals surface area contributed by atoms with Gasteiger partial charge in [0.1, 0.15) is 0 Å². The SMILES string of the molecule is CCCCCCCCCCCCCCCCCC[SiH2]O[Si](OC)(OC)OC. The third kappa shape index (κ3) is 16.9. The van der Waals surface area contributed by atoms with Crippen molar-refractivity contribution >= 4 is 18.8 Å². The first-order valence-corrected chi connectivity index (χ1v) is 14.7. The van der Waals surface area contributed by atoms with Crippen LogP contribution in [0.5, 0.6) is 0 Å². The molecule has 0 aliphatic heterocycles. The molecule has 0 aromatic carbocycles. The van der Waals surface area contributed by atoms with Crippen LogP contribution in [0.1, 0.15) is 110 Å². The zero-order valence-corrected chi connectivity index (χ0v) is 21.3. The van der Waals surface area contributed by atoms with Crippen LogP contribution in [0.3, 0.4) is 0 Å². The second-order valence-electron chi connectivity index (χ2n) is 7.62. The van der Waals surface area contributed by atoms with Gasteiger partial charge < -0.3 is 17.4 Å². The molecular formula is C21H48O4Si2. The van der Waals surface area contributed by atoms with Crippen molar-refractivity contribution in [1.29, 1.82) is 0 Å². The van der Waals surface area contributed by atoms with E-state index in [2.05, 4.69) is 6.92 Å². The second-order valence-corrected chi connectivity index (χ2v) is 12.1. The number of rotatable bonds is 22. The molecule has 0 aromatic heterocycles. The van der Waals surface area contributed by atoms with Crippen molar-refractivity contribution < 1.29 is 17.4 Å². The Balaban J connectivity index is 3.19. The fourth-order valence-corrected chi connectivity index (χ4v) is 7.50. The highest BCUT2D eigenvalue weighted by Crippen LogP contribution is 2.14. The van der Waals surface area contributed by atoms with Crippen molar-refractivity contribution in [1.82, 2.24) is 0 Å². The summed E-state index contributed by atoms with van der Waals surface area (Å²) in [5.41, 5.74) is 0. The molecular weight excluding hydrogens is 372 g/mol. The highest BCUT2D eigenvalue weighted by molar-refractivity contribution is 6.60. The highest BCUT2D eigenvalue weighted by Gasteiger charge is 2.41. The monoisotopic (exact) mass is 420 g/mol. The summed E-state index contributed by atoms with van der Waals surface area (Å²) in [6, 6.07) is 1.18. The van der Waals surface area contributed by atoms with Crippen LogP contribution in [0, 0.1) is 0 Å². The third-order valence-electron chi connectivity index (χ3n) is 5.28. The average Bonchev–Trinajstić information content (AvgIpc) is 2.70. The Bertz CT molecular complexity index is 281. The Kier molecular flexibility index (Phi) is 21.2. The van der Waals surface area contributed by atoms with Crippen molar-refractivity contribution in [3.05, 3.63) is 0 Å². The lowest BCUT2D eigenvalue weighted by Gasteiger charge is -2.23. The van der Waals surface area contributed by atoms with Crippen LogP contribution in [0.4, 0.5) is 0 Å². The first-order valence-electron chi connectivity index (χ1n) is 11.5. The third-order valence-corrected chi connectivity index (χ3v) is 9.80. The molecule has 6 heteroatoms. The Morgan fingerprint density at radius 1 is 0.519 bits per heavy atom. The van der Waals surface area contributed by atoms with E-state index in [1.807, 2.05) is 0 Å². The van der Waals surface area contributed by atoms with E-state index in [0.717, 1.165) is 0 Å². The van der Waals surface area contributed by atoms with E-state index in [-0.39, 0.29) is 0 Å². The summed E-state index contributed by atoms with van der Waals surface area (Å²) in [5, 5.41) is 0. The lowest BCUT2D eigenvalue weighted by Crippen LogP contribution is -2.47. The highest BCUT2D eigenvalue weighted by atomic mass is 28.4. The molecule has 0 radical (unpaired) electrons. The molecule has 0 amide bonds. The predicted octanol–water partition coefficient (Wildman–Crippen LogP) is 6.14. The maximum atomic E-state index is 5.81. The topological polar surface area (TPSA) is 36.9 Å². The van der Waals surface area contributed by atoms with Crippen LogP contribution in [0.15, 0.2) is 0 Å². The fraction of sp³-hybridized carbons (Fsp3) is 1.00. The number of hydrogen-bond acceptors (Lipinski definition) is 4. The normalized spacial score (nSPS) is 12.4. The fourth-order valence-electron chi connectivity index (χ4n) is 3.45. The van der Waals surface area contributed by atoms with E-state index in [9.17, 15) is 0 Å². The predicted molar refractivity (Wildman–Crippen MR) is 121 cm³/mol. The summed E-state index contributed by atoms with van der Waals surface area (Å²) >= 11 is 0. The summed E-state index contributed by atoms with van der Waals surface area (Å²) in [5.74, 6) is 0. The maximum Gasteiger partial charge on any atom is 0.667 e. The molecule has 0 heterocycles. The van der Waals surface area contributed by atoms with Crippen molar-refractivity contribution in [2.75, 3.05) is 21.3 Å². The van der Waals surface area contributed by atoms with E-state index in [0.29, 0.717) is 0 Å². The van der Waals surface area contributed by atoms with Gasteiger partial charge in [-0.15, -0.1) is 0 Å². The van der Waals surface area contributed by atoms with Crippen LogP contribution in [-0.2, 0) is 17.4 Å². The molecule has 164 valence electrons. The molecule has 0 fully saturated rings. The van der Waals surface area contributed by atoms with Gasteiger partial charge in [0.25, 0.3) is 0 Å². The van der Waals surface area contributed by atoms with Gasteiger partial charge in [-0.05, 0) is 6.04 Å². The van der Waals surface area contributed by atoms with E-state index in [4.69, 9.17) is 17.4 Å². The minimum Gasteiger partial charge on any atom is -0.400 e. The summed E-state index contributed by atoms with van der Waals surface area (Å²) < 4.78 is 21.6. The van der Waals surface area contributed by atoms with Crippen LogP contribution in [-0.4, -0.2) is 40.1 Å². The Labute approximate surface area is 173 Å². The first kappa shape index (κ1) is 27.3. The molecule has 0 saturated carbocycles. The minimum absolute atomic E-state index is 0.604. The summed E-state index contributed by atoms with van der Waals surface area (Å²) in [7, 11) is 1.43. The lowest BCUT2D eigenvalue weighted by atomic mass is 10.0. The van der Waals surface area contributed by atoms with Crippen LogP contribution in [0.25, 0.3) is 0 Å². The van der Waals surface area contributed by atoms with E-state index in [1.165, 1.54) is 109 Å². The van der Waals surface area contributed by atoms with E-state index in [1.54, 1.807) is 21.3 Å².